The van der Waals surface area contributed by atoms with E-state index in [-0.39, 0.29) is 34.9 Å². The minimum absolute atomic E-state index is 0.130. The van der Waals surface area contributed by atoms with E-state index in [1.54, 1.807) is 97.8 Å². The first-order valence-corrected chi connectivity index (χ1v) is 48.7. The van der Waals surface area contributed by atoms with Gasteiger partial charge in [-0.05, 0) is 247 Å². The Morgan fingerprint density at radius 2 is 0.891 bits per heavy atom. The fourth-order valence-corrected chi connectivity index (χ4v) is 19.1. The van der Waals surface area contributed by atoms with Crippen molar-refractivity contribution >= 4 is 167 Å². The van der Waals surface area contributed by atoms with Crippen molar-refractivity contribution in [3.05, 3.63) is 206 Å². The summed E-state index contributed by atoms with van der Waals surface area (Å²) >= 11 is 23.3. The molecule has 5 aliphatic heterocycles. The second-order valence-corrected chi connectivity index (χ2v) is 41.9. The lowest BCUT2D eigenvalue weighted by atomic mass is 9.91. The molecule has 22 nitrogen and oxygen atoms in total. The summed E-state index contributed by atoms with van der Waals surface area (Å²) in [5.41, 5.74) is 1.46. The number of benzene rings is 5. The number of nitrogens with zero attached hydrogens (tertiary/aromatic N) is 15. The van der Waals surface area contributed by atoms with Crippen molar-refractivity contribution in [1.82, 2.24) is 59.3 Å². The van der Waals surface area contributed by atoms with E-state index in [4.69, 9.17) is 0 Å². The number of hydrogen-bond donors (Lipinski definition) is 1. The number of amides is 2. The number of anilines is 4. The summed E-state index contributed by atoms with van der Waals surface area (Å²) in [4.78, 5) is 70.8. The number of rotatable bonds is 13. The smallest absolute Gasteiger partial charge is 0.341 e. The van der Waals surface area contributed by atoms with Gasteiger partial charge in [-0.1, -0.05) is 116 Å². The van der Waals surface area contributed by atoms with E-state index in [1.165, 1.54) is 57.1 Å². The van der Waals surface area contributed by atoms with Gasteiger partial charge >= 0.3 is 6.18 Å². The molecule has 2 amide bonds. The van der Waals surface area contributed by atoms with Crippen molar-refractivity contribution < 1.29 is 39.6 Å². The highest BCUT2D eigenvalue weighted by atomic mass is 79.9. The van der Waals surface area contributed by atoms with Crippen LogP contribution in [0.25, 0.3) is 0 Å². The van der Waals surface area contributed by atoms with E-state index >= 15 is 0 Å². The second-order valence-electron chi connectivity index (χ2n) is 31.6. The summed E-state index contributed by atoms with van der Waals surface area (Å²) in [5, 5.41) is 2.58. The third-order valence-electron chi connectivity index (χ3n) is 20.3. The Hall–Kier alpha value is -5.47. The molecule has 6 fully saturated rings. The molecule has 0 radical (unpaired) electrons. The highest BCUT2D eigenvalue weighted by Crippen LogP contribution is 2.36. The molecule has 0 spiro atoms. The maximum absolute atomic E-state index is 13.7. The third kappa shape index (κ3) is 34.9. The van der Waals surface area contributed by atoms with Crippen LogP contribution in [0.1, 0.15) is 116 Å². The fraction of sp³-hybridized carbons (Fsp3) is 0.482. The number of sulfone groups is 2. The number of likely N-dealkylation sites (N-methyl/N-ethyl adjacent to an activating group) is 4. The average molecular weight is 2130 g/mol. The van der Waals surface area contributed by atoms with Crippen molar-refractivity contribution in [3.8, 4) is 0 Å². The number of alkyl halides is 3. The molecule has 1 N–H and O–H groups in total. The van der Waals surface area contributed by atoms with E-state index < -0.39 is 37.3 Å². The van der Waals surface area contributed by atoms with Gasteiger partial charge in [0.2, 0.25) is 17.8 Å². The van der Waals surface area contributed by atoms with Gasteiger partial charge < -0.3 is 44.5 Å². The molecule has 8 aromatic rings. The first kappa shape index (κ1) is 99.0. The van der Waals surface area contributed by atoms with Crippen molar-refractivity contribution in [2.45, 2.75) is 108 Å². The SMILES string of the molecule is Brc1cnc(N2CCCCC2)nc1.CC(C)(C)CS(=O)(=O)c1cccc(Br)c1.CN1CCCN(c2ncc(Br)cn2)CC1.CN1CCN(C(=O)c2ccc(Br)cc2)CC1.CN1CCN(c2ncc(Br)cn2)CC1.Cc1cc(C(=O)Nc2ccc(CN3CCN(C)CC3)c(C(F)(F)F)c2)ccc1Br.O=S(=O)(CC1CCCCC1)c1ccc(Br)cc1. The van der Waals surface area contributed by atoms with Crippen molar-refractivity contribution in [3.63, 3.8) is 0 Å². The monoisotopic (exact) mass is 2120 g/mol. The summed E-state index contributed by atoms with van der Waals surface area (Å²) in [6.45, 7) is 25.2. The number of aryl methyl sites for hydroxylation is 1. The molecule has 0 unspecified atom stereocenters. The van der Waals surface area contributed by atoms with E-state index in [0.29, 0.717) is 27.0 Å². The summed E-state index contributed by atoms with van der Waals surface area (Å²) < 4.78 is 95.7. The van der Waals surface area contributed by atoms with Gasteiger partial charge in [0.25, 0.3) is 11.8 Å². The zero-order valence-corrected chi connectivity index (χ0v) is 81.6. The quantitative estimate of drug-likeness (QED) is 0.113. The van der Waals surface area contributed by atoms with Crippen molar-refractivity contribution in [2.75, 3.05) is 178 Å². The number of carbonyl (C=O) groups excluding carboxylic acids is 2. The highest BCUT2D eigenvalue weighted by Gasteiger charge is 2.35. The Balaban J connectivity index is 0.000000176. The number of nitrogens with one attached hydrogen (secondary N) is 1. The number of piperazine rings is 3. The molecule has 14 rings (SSSR count). The largest absolute Gasteiger partial charge is 0.416 e. The molecule has 34 heteroatoms. The standard InChI is InChI=1S/C21H23BrF3N3O.C13H17BrO2S.C12H15BrN2O.C11H15BrO2S.C10H15BrN4.C9H13BrN4.C9H12BrN3/c1-14-11-15(4-6-19(14)22)20(29)26-17-5-3-16(18(12-17)21(23,24)25)13-28-9-7-27(2)8-10-28;14-12-6-8-13(9-7-12)17(15,16)10-11-4-2-1-3-5-11;1-14-6-8-15(9-7-14)12(16)10-2-4-11(13)5-3-10;1-11(2,3)8-15(13,14)10-6-4-5-9(12)7-10;1-14-3-2-4-15(6-5-14)10-12-7-9(11)8-13-10;1-13-2-4-14(5-3-13)9-11-6-8(10)7-12-9;10-8-6-11-9(12-7-8)13-4-2-1-3-5-13/h3-6,11-12H,7-10,13H2,1-2H3,(H,26,29);6-9,11H,1-5,10H2;2-5H,6-9H2,1H3;4-7H,8H2,1-3H3;7-8H,2-6H2,1H3;6-7H,2-5H2,1H3;6-7H,1-5H2. The van der Waals surface area contributed by atoms with Crippen LogP contribution in [0.4, 0.5) is 36.7 Å². The van der Waals surface area contributed by atoms with Gasteiger partial charge in [0.15, 0.2) is 19.7 Å². The van der Waals surface area contributed by atoms with E-state index in [9.17, 15) is 39.6 Å². The highest BCUT2D eigenvalue weighted by molar-refractivity contribution is 9.11. The number of aromatic nitrogens is 6. The van der Waals surface area contributed by atoms with Gasteiger partial charge in [-0.15, -0.1) is 0 Å². The lowest BCUT2D eigenvalue weighted by molar-refractivity contribution is -0.138. The summed E-state index contributed by atoms with van der Waals surface area (Å²) in [5.74, 6) is 3.07. The molecule has 648 valence electrons. The summed E-state index contributed by atoms with van der Waals surface area (Å²) in [6, 6.07) is 30.4. The molecule has 1 saturated carbocycles. The van der Waals surface area contributed by atoms with Crippen LogP contribution in [-0.2, 0) is 32.4 Å². The van der Waals surface area contributed by atoms with E-state index in [0.717, 1.165) is 197 Å². The summed E-state index contributed by atoms with van der Waals surface area (Å²) in [6.07, 6.45) is 17.1. The van der Waals surface area contributed by atoms with Gasteiger partial charge in [-0.3, -0.25) is 14.5 Å². The maximum Gasteiger partial charge on any atom is 0.416 e. The van der Waals surface area contributed by atoms with Crippen LogP contribution in [0.15, 0.2) is 187 Å². The fourth-order valence-electron chi connectivity index (χ4n) is 13.5. The van der Waals surface area contributed by atoms with Crippen LogP contribution in [0, 0.1) is 18.3 Å². The molecule has 0 bridgehead atoms. The summed E-state index contributed by atoms with van der Waals surface area (Å²) in [7, 11) is 2.12. The topological polar surface area (TPSA) is 221 Å². The van der Waals surface area contributed by atoms with Gasteiger partial charge in [0.1, 0.15) is 0 Å². The molecule has 5 saturated heterocycles. The van der Waals surface area contributed by atoms with Gasteiger partial charge in [-0.2, -0.15) is 13.2 Å². The Morgan fingerprint density at radius 3 is 1.38 bits per heavy atom. The van der Waals surface area contributed by atoms with Crippen LogP contribution in [0.5, 0.6) is 0 Å². The molecule has 8 heterocycles. The Bertz CT molecular complexity index is 4680. The number of piperidine rings is 1. The van der Waals surface area contributed by atoms with Crippen molar-refractivity contribution in [1.29, 1.82) is 0 Å². The van der Waals surface area contributed by atoms with Crippen LogP contribution in [0.2, 0.25) is 0 Å². The molecular weight excluding hydrogens is 2020 g/mol. The molecular formula is C85H110Br7F3N16O6S2. The van der Waals surface area contributed by atoms with Crippen LogP contribution in [0.3, 0.4) is 0 Å². The molecule has 119 heavy (non-hydrogen) atoms. The Kier molecular flexibility index (Phi) is 40.5. The average Bonchev–Trinajstić information content (AvgIpc) is 1.24. The van der Waals surface area contributed by atoms with Gasteiger partial charge in [-0.25, -0.2) is 46.7 Å². The van der Waals surface area contributed by atoms with Gasteiger partial charge in [0.05, 0.1) is 40.3 Å². The zero-order valence-electron chi connectivity index (χ0n) is 68.9. The maximum atomic E-state index is 13.7. The minimum Gasteiger partial charge on any atom is -0.341 e. The molecule has 1 aliphatic carbocycles. The molecule has 3 aromatic heterocycles. The van der Waals surface area contributed by atoms with Gasteiger partial charge in [0, 0.05) is 190 Å². The van der Waals surface area contributed by atoms with Crippen LogP contribution < -0.4 is 20.0 Å². The van der Waals surface area contributed by atoms with Crippen LogP contribution in [-0.4, -0.2) is 245 Å². The molecule has 5 aromatic carbocycles. The second kappa shape index (κ2) is 48.7. The Labute approximate surface area is 760 Å². The number of halogens is 10. The van der Waals surface area contributed by atoms with E-state index in [1.807, 2.05) is 74.9 Å². The Morgan fingerprint density at radius 1 is 0.445 bits per heavy atom. The van der Waals surface area contributed by atoms with Crippen molar-refractivity contribution in [2.24, 2.45) is 11.3 Å². The first-order chi connectivity index (χ1) is 56.4. The lowest BCUT2D eigenvalue weighted by Gasteiger charge is -2.33. The lowest BCUT2D eigenvalue weighted by Crippen LogP contribution is -2.47. The predicted molar refractivity (Wildman–Crippen MR) is 496 cm³/mol. The molecule has 0 atom stereocenters. The van der Waals surface area contributed by atoms with Crippen LogP contribution >= 0.6 is 112 Å². The minimum atomic E-state index is -4.49. The number of hydrogen-bond acceptors (Lipinski definition) is 20. The first-order valence-electron chi connectivity index (χ1n) is 39.9. The molecule has 6 aliphatic rings. The predicted octanol–water partition coefficient (Wildman–Crippen LogP) is 18.3. The number of carbonyl (C=O) groups is 2. The normalized spacial score (nSPS) is 17.0. The third-order valence-corrected chi connectivity index (χ3v) is 28.1. The zero-order chi connectivity index (χ0) is 86.5. The van der Waals surface area contributed by atoms with E-state index in [2.05, 4.69) is 202 Å².